The molecule has 0 aliphatic heterocycles. The lowest BCUT2D eigenvalue weighted by Gasteiger charge is -2.22. The summed E-state index contributed by atoms with van der Waals surface area (Å²) in [6, 6.07) is 4.61. The third kappa shape index (κ3) is 6.57. The predicted octanol–water partition coefficient (Wildman–Crippen LogP) is 3.96. The number of aromatic nitrogens is 1. The van der Waals surface area contributed by atoms with E-state index in [1.165, 1.54) is 28.4 Å². The molecule has 0 bridgehead atoms. The molecule has 0 atom stereocenters. The van der Waals surface area contributed by atoms with Crippen LogP contribution in [0.5, 0.6) is 0 Å². The SMILES string of the molecule is CCOCCCN(CC(=O)Nc1nccs1)C(=O)c1cc(Cl)cc(Cl)c1. The lowest BCUT2D eigenvalue weighted by atomic mass is 10.2. The highest BCUT2D eigenvalue weighted by molar-refractivity contribution is 7.13. The van der Waals surface area contributed by atoms with Gasteiger partial charge in [0.2, 0.25) is 5.91 Å². The molecule has 2 amide bonds. The van der Waals surface area contributed by atoms with Gasteiger partial charge in [0.05, 0.1) is 0 Å². The van der Waals surface area contributed by atoms with Crippen molar-refractivity contribution in [3.63, 3.8) is 0 Å². The summed E-state index contributed by atoms with van der Waals surface area (Å²) in [5, 5.41) is 5.65. The van der Waals surface area contributed by atoms with Crippen molar-refractivity contribution < 1.29 is 14.3 Å². The first kappa shape index (κ1) is 20.6. The first-order valence-electron chi connectivity index (χ1n) is 8.02. The van der Waals surface area contributed by atoms with Crippen LogP contribution < -0.4 is 5.32 Å². The fourth-order valence-corrected chi connectivity index (χ4v) is 3.30. The second-order valence-corrected chi connectivity index (χ2v) is 7.09. The Morgan fingerprint density at radius 2 is 2.00 bits per heavy atom. The monoisotopic (exact) mass is 415 g/mol. The number of anilines is 1. The fraction of sp³-hybridized carbons (Fsp3) is 0.353. The molecule has 2 aromatic rings. The third-order valence-electron chi connectivity index (χ3n) is 3.33. The maximum absolute atomic E-state index is 12.8. The van der Waals surface area contributed by atoms with Gasteiger partial charge < -0.3 is 15.0 Å². The van der Waals surface area contributed by atoms with Crippen molar-refractivity contribution in [3.8, 4) is 0 Å². The summed E-state index contributed by atoms with van der Waals surface area (Å²) in [6.45, 7) is 3.27. The van der Waals surface area contributed by atoms with E-state index in [0.29, 0.717) is 46.9 Å². The van der Waals surface area contributed by atoms with Crippen LogP contribution in [0.3, 0.4) is 0 Å². The first-order chi connectivity index (χ1) is 12.5. The van der Waals surface area contributed by atoms with Crippen LogP contribution in [0, 0.1) is 0 Å². The minimum Gasteiger partial charge on any atom is -0.382 e. The zero-order valence-corrected chi connectivity index (χ0v) is 16.5. The third-order valence-corrected chi connectivity index (χ3v) is 4.46. The standard InChI is InChI=1S/C17H19Cl2N3O3S/c1-2-25-6-3-5-22(11-15(23)21-17-20-4-7-26-17)16(24)12-8-13(18)10-14(19)9-12/h4,7-10H,2-3,5-6,11H2,1H3,(H,20,21,23). The van der Waals surface area contributed by atoms with Crippen LogP contribution in [0.1, 0.15) is 23.7 Å². The minimum atomic E-state index is -0.321. The van der Waals surface area contributed by atoms with Crippen molar-refractivity contribution in [1.29, 1.82) is 0 Å². The Kier molecular flexibility index (Phi) is 8.31. The van der Waals surface area contributed by atoms with Crippen molar-refractivity contribution in [2.24, 2.45) is 0 Å². The summed E-state index contributed by atoms with van der Waals surface area (Å²) in [5.74, 6) is -0.641. The fourth-order valence-electron chi connectivity index (χ4n) is 2.23. The van der Waals surface area contributed by atoms with E-state index in [-0.39, 0.29) is 18.4 Å². The highest BCUT2D eigenvalue weighted by Crippen LogP contribution is 2.20. The quantitative estimate of drug-likeness (QED) is 0.629. The number of halogens is 2. The van der Waals surface area contributed by atoms with Gasteiger partial charge in [0.15, 0.2) is 5.13 Å². The summed E-state index contributed by atoms with van der Waals surface area (Å²) in [7, 11) is 0. The Morgan fingerprint density at radius 1 is 1.27 bits per heavy atom. The number of ether oxygens (including phenoxy) is 1. The largest absolute Gasteiger partial charge is 0.382 e. The van der Waals surface area contributed by atoms with Gasteiger partial charge in [-0.25, -0.2) is 4.98 Å². The van der Waals surface area contributed by atoms with Crippen molar-refractivity contribution in [1.82, 2.24) is 9.88 Å². The lowest BCUT2D eigenvalue weighted by molar-refractivity contribution is -0.116. The number of hydrogen-bond donors (Lipinski definition) is 1. The van der Waals surface area contributed by atoms with E-state index >= 15 is 0 Å². The van der Waals surface area contributed by atoms with Crippen LogP contribution in [0.2, 0.25) is 10.0 Å². The molecule has 1 aromatic carbocycles. The number of nitrogens with one attached hydrogen (secondary N) is 1. The molecule has 140 valence electrons. The smallest absolute Gasteiger partial charge is 0.254 e. The van der Waals surface area contributed by atoms with E-state index in [4.69, 9.17) is 27.9 Å². The summed E-state index contributed by atoms with van der Waals surface area (Å²) in [5.41, 5.74) is 0.334. The average molecular weight is 416 g/mol. The topological polar surface area (TPSA) is 71.5 Å². The Labute approximate surface area is 166 Å². The van der Waals surface area contributed by atoms with Gasteiger partial charge in [0.25, 0.3) is 5.91 Å². The van der Waals surface area contributed by atoms with Gasteiger partial charge in [-0.05, 0) is 31.5 Å². The summed E-state index contributed by atoms with van der Waals surface area (Å²) in [6.07, 6.45) is 2.21. The molecule has 0 radical (unpaired) electrons. The van der Waals surface area contributed by atoms with Crippen LogP contribution >= 0.6 is 34.5 Å². The Hall–Kier alpha value is -1.67. The number of hydrogen-bond acceptors (Lipinski definition) is 5. The van der Waals surface area contributed by atoms with Crippen LogP contribution in [-0.2, 0) is 9.53 Å². The second-order valence-electron chi connectivity index (χ2n) is 5.32. The summed E-state index contributed by atoms with van der Waals surface area (Å²) in [4.78, 5) is 30.5. The molecule has 1 heterocycles. The summed E-state index contributed by atoms with van der Waals surface area (Å²) < 4.78 is 5.31. The number of benzene rings is 1. The zero-order chi connectivity index (χ0) is 18.9. The molecule has 1 N–H and O–H groups in total. The molecule has 0 fully saturated rings. The molecule has 0 aliphatic rings. The van der Waals surface area contributed by atoms with Crippen LogP contribution in [0.4, 0.5) is 5.13 Å². The van der Waals surface area contributed by atoms with Crippen LogP contribution in [0.15, 0.2) is 29.8 Å². The molecule has 0 saturated heterocycles. The molecule has 1 aromatic heterocycles. The maximum Gasteiger partial charge on any atom is 0.254 e. The highest BCUT2D eigenvalue weighted by Gasteiger charge is 2.20. The van der Waals surface area contributed by atoms with Crippen molar-refractivity contribution >= 4 is 51.5 Å². The van der Waals surface area contributed by atoms with Crippen LogP contribution in [-0.4, -0.2) is 48.0 Å². The van der Waals surface area contributed by atoms with Crippen molar-refractivity contribution in [2.45, 2.75) is 13.3 Å². The van der Waals surface area contributed by atoms with Gasteiger partial charge in [-0.3, -0.25) is 9.59 Å². The highest BCUT2D eigenvalue weighted by atomic mass is 35.5. The molecule has 0 saturated carbocycles. The molecular weight excluding hydrogens is 397 g/mol. The molecule has 0 aliphatic carbocycles. The molecule has 6 nitrogen and oxygen atoms in total. The number of nitrogens with zero attached hydrogens (tertiary/aromatic N) is 2. The second kappa shape index (κ2) is 10.5. The average Bonchev–Trinajstić information content (AvgIpc) is 3.09. The van der Waals surface area contributed by atoms with Crippen molar-refractivity contribution in [2.75, 3.05) is 31.6 Å². The number of thiazole rings is 1. The Bertz CT molecular complexity index is 721. The number of amides is 2. The molecule has 2 rings (SSSR count). The van der Waals surface area contributed by atoms with Gasteiger partial charge in [-0.15, -0.1) is 11.3 Å². The van der Waals surface area contributed by atoms with E-state index in [1.54, 1.807) is 17.6 Å². The molecule has 9 heteroatoms. The van der Waals surface area contributed by atoms with Gasteiger partial charge in [0.1, 0.15) is 6.54 Å². The number of rotatable bonds is 9. The summed E-state index contributed by atoms with van der Waals surface area (Å²) >= 11 is 13.3. The van der Waals surface area contributed by atoms with Crippen LogP contribution in [0.25, 0.3) is 0 Å². The first-order valence-corrected chi connectivity index (χ1v) is 9.65. The number of carbonyl (C=O) groups excluding carboxylic acids is 2. The van der Waals surface area contributed by atoms with Gasteiger partial charge in [0, 0.05) is 46.9 Å². The van der Waals surface area contributed by atoms with E-state index in [9.17, 15) is 9.59 Å². The normalized spacial score (nSPS) is 10.6. The molecule has 0 spiro atoms. The Balaban J connectivity index is 2.08. The zero-order valence-electron chi connectivity index (χ0n) is 14.2. The Morgan fingerprint density at radius 3 is 2.62 bits per heavy atom. The maximum atomic E-state index is 12.8. The van der Waals surface area contributed by atoms with E-state index < -0.39 is 0 Å². The molecular formula is C17H19Cl2N3O3S. The van der Waals surface area contributed by atoms with E-state index in [0.717, 1.165) is 0 Å². The minimum absolute atomic E-state index is 0.103. The van der Waals surface area contributed by atoms with Gasteiger partial charge >= 0.3 is 0 Å². The predicted molar refractivity (Wildman–Crippen MR) is 104 cm³/mol. The molecule has 26 heavy (non-hydrogen) atoms. The number of carbonyl (C=O) groups is 2. The van der Waals surface area contributed by atoms with Crippen molar-refractivity contribution in [3.05, 3.63) is 45.4 Å². The van der Waals surface area contributed by atoms with E-state index in [2.05, 4.69) is 10.3 Å². The van der Waals surface area contributed by atoms with Gasteiger partial charge in [-0.2, -0.15) is 0 Å². The lowest BCUT2D eigenvalue weighted by Crippen LogP contribution is -2.39. The van der Waals surface area contributed by atoms with Gasteiger partial charge in [-0.1, -0.05) is 23.2 Å². The molecule has 0 unspecified atom stereocenters. The van der Waals surface area contributed by atoms with E-state index in [1.807, 2.05) is 6.92 Å².